The summed E-state index contributed by atoms with van der Waals surface area (Å²) in [5.74, 6) is -0.255. The molecule has 3 heteroatoms. The van der Waals surface area contributed by atoms with Crippen LogP contribution in [0.1, 0.15) is 12.5 Å². The molecule has 3 nitrogen and oxygen atoms in total. The van der Waals surface area contributed by atoms with Crippen molar-refractivity contribution >= 4 is 22.4 Å². The number of aliphatic hydroxyl groups is 1. The molecule has 0 saturated carbocycles. The summed E-state index contributed by atoms with van der Waals surface area (Å²) in [6.07, 6.45) is 6.67. The van der Waals surface area contributed by atoms with Gasteiger partial charge in [0, 0.05) is 6.92 Å². The summed E-state index contributed by atoms with van der Waals surface area (Å²) in [5.41, 5.74) is 0.179. The molecule has 0 heterocycles. The lowest BCUT2D eigenvalue weighted by atomic mass is 9.86. The molecule has 1 amide bonds. The minimum Gasteiger partial charge on any atom is -0.377 e. The Bertz CT molecular complexity index is 778. The number of benzene rings is 2. The largest absolute Gasteiger partial charge is 0.377 e. The van der Waals surface area contributed by atoms with Crippen LogP contribution in [-0.4, -0.2) is 16.7 Å². The number of allylic oxidation sites excluding steroid dienone is 2. The van der Waals surface area contributed by atoms with E-state index in [1.54, 1.807) is 24.3 Å². The number of rotatable bonds is 1. The molecule has 0 bridgehead atoms. The SMILES string of the molecule is CC(=O)N=C1C=CC(O)(c2cccc3ccccc23)C=C1. The first-order valence-corrected chi connectivity index (χ1v) is 6.77. The second-order valence-electron chi connectivity index (χ2n) is 5.07. The zero-order valence-electron chi connectivity index (χ0n) is 11.7. The van der Waals surface area contributed by atoms with Gasteiger partial charge in [0.25, 0.3) is 0 Å². The first-order valence-electron chi connectivity index (χ1n) is 6.77. The topological polar surface area (TPSA) is 49.7 Å². The molecule has 21 heavy (non-hydrogen) atoms. The first kappa shape index (κ1) is 13.5. The van der Waals surface area contributed by atoms with Gasteiger partial charge in [0.1, 0.15) is 5.60 Å². The van der Waals surface area contributed by atoms with Crippen molar-refractivity contribution in [2.75, 3.05) is 0 Å². The van der Waals surface area contributed by atoms with Crippen LogP contribution in [0.5, 0.6) is 0 Å². The predicted octanol–water partition coefficient (Wildman–Crippen LogP) is 3.14. The molecule has 0 atom stereocenters. The highest BCUT2D eigenvalue weighted by atomic mass is 16.3. The number of carbonyl (C=O) groups excluding carboxylic acids is 1. The Balaban J connectivity index is 2.08. The van der Waals surface area contributed by atoms with E-state index in [0.29, 0.717) is 5.71 Å². The maximum absolute atomic E-state index is 11.0. The number of nitrogens with zero attached hydrogens (tertiary/aromatic N) is 1. The Morgan fingerprint density at radius 1 is 1.05 bits per heavy atom. The molecule has 0 saturated heterocycles. The van der Waals surface area contributed by atoms with Crippen molar-refractivity contribution in [1.82, 2.24) is 0 Å². The minimum atomic E-state index is -1.18. The molecular formula is C18H15NO2. The third-order valence-electron chi connectivity index (χ3n) is 3.52. The Hall–Kier alpha value is -2.52. The van der Waals surface area contributed by atoms with E-state index in [9.17, 15) is 9.90 Å². The summed E-state index contributed by atoms with van der Waals surface area (Å²) in [6.45, 7) is 1.40. The molecule has 2 aromatic carbocycles. The van der Waals surface area contributed by atoms with E-state index in [1.807, 2.05) is 42.5 Å². The molecule has 1 N–H and O–H groups in total. The van der Waals surface area contributed by atoms with Crippen molar-refractivity contribution in [3.8, 4) is 0 Å². The number of fused-ring (bicyclic) bond motifs is 1. The molecule has 104 valence electrons. The van der Waals surface area contributed by atoms with Crippen molar-refractivity contribution in [2.24, 2.45) is 4.99 Å². The van der Waals surface area contributed by atoms with Gasteiger partial charge in [0.15, 0.2) is 0 Å². The Morgan fingerprint density at radius 3 is 2.43 bits per heavy atom. The van der Waals surface area contributed by atoms with Gasteiger partial charge in [-0.2, -0.15) is 0 Å². The normalized spacial score (nSPS) is 20.8. The highest BCUT2D eigenvalue weighted by molar-refractivity contribution is 6.10. The zero-order valence-corrected chi connectivity index (χ0v) is 11.7. The van der Waals surface area contributed by atoms with E-state index in [2.05, 4.69) is 4.99 Å². The van der Waals surface area contributed by atoms with E-state index in [-0.39, 0.29) is 5.91 Å². The molecule has 1 aliphatic carbocycles. The highest BCUT2D eigenvalue weighted by Gasteiger charge is 2.26. The molecule has 3 rings (SSSR count). The van der Waals surface area contributed by atoms with E-state index in [1.165, 1.54) is 6.92 Å². The monoisotopic (exact) mass is 277 g/mol. The second kappa shape index (κ2) is 5.11. The van der Waals surface area contributed by atoms with Crippen LogP contribution >= 0.6 is 0 Å². The Labute approximate surface area is 122 Å². The number of amides is 1. The number of carbonyl (C=O) groups is 1. The lowest BCUT2D eigenvalue weighted by Crippen LogP contribution is -2.23. The van der Waals surface area contributed by atoms with Crippen LogP contribution in [0, 0.1) is 0 Å². The van der Waals surface area contributed by atoms with Crippen LogP contribution in [0.15, 0.2) is 71.8 Å². The van der Waals surface area contributed by atoms with Gasteiger partial charge in [-0.05, 0) is 40.6 Å². The van der Waals surface area contributed by atoms with Gasteiger partial charge in [-0.1, -0.05) is 42.5 Å². The van der Waals surface area contributed by atoms with Crippen LogP contribution in [0.2, 0.25) is 0 Å². The molecule has 0 spiro atoms. The summed E-state index contributed by atoms with van der Waals surface area (Å²) in [4.78, 5) is 14.9. The second-order valence-corrected chi connectivity index (χ2v) is 5.07. The molecule has 0 unspecified atom stereocenters. The molecule has 1 aliphatic rings. The summed E-state index contributed by atoms with van der Waals surface area (Å²) in [5, 5.41) is 13.0. The summed E-state index contributed by atoms with van der Waals surface area (Å²) in [7, 11) is 0. The number of hydrogen-bond acceptors (Lipinski definition) is 2. The summed E-state index contributed by atoms with van der Waals surface area (Å²) in [6, 6.07) is 13.8. The van der Waals surface area contributed by atoms with E-state index < -0.39 is 5.60 Å². The van der Waals surface area contributed by atoms with Crippen LogP contribution in [0.25, 0.3) is 10.8 Å². The minimum absolute atomic E-state index is 0.255. The molecule has 0 fully saturated rings. The summed E-state index contributed by atoms with van der Waals surface area (Å²) < 4.78 is 0. The van der Waals surface area contributed by atoms with Gasteiger partial charge in [0.05, 0.1) is 5.71 Å². The van der Waals surface area contributed by atoms with Crippen molar-refractivity contribution in [3.05, 3.63) is 72.3 Å². The van der Waals surface area contributed by atoms with Crippen LogP contribution in [0.3, 0.4) is 0 Å². The standard InChI is InChI=1S/C18H15NO2/c1-13(20)19-15-9-11-18(21,12-10-15)17-8-4-6-14-5-2-3-7-16(14)17/h2-12,21H,1H3. The smallest absolute Gasteiger partial charge is 0.243 e. The van der Waals surface area contributed by atoms with Crippen LogP contribution in [-0.2, 0) is 10.4 Å². The third-order valence-corrected chi connectivity index (χ3v) is 3.52. The maximum Gasteiger partial charge on any atom is 0.243 e. The quantitative estimate of drug-likeness (QED) is 0.870. The fourth-order valence-corrected chi connectivity index (χ4v) is 2.55. The Morgan fingerprint density at radius 2 is 1.71 bits per heavy atom. The summed E-state index contributed by atoms with van der Waals surface area (Å²) >= 11 is 0. The van der Waals surface area contributed by atoms with Crippen LogP contribution < -0.4 is 0 Å². The van der Waals surface area contributed by atoms with Gasteiger partial charge >= 0.3 is 0 Å². The van der Waals surface area contributed by atoms with Crippen LogP contribution in [0.4, 0.5) is 0 Å². The molecule has 0 aromatic heterocycles. The lowest BCUT2D eigenvalue weighted by Gasteiger charge is -2.25. The molecule has 0 radical (unpaired) electrons. The molecular weight excluding hydrogens is 262 g/mol. The van der Waals surface area contributed by atoms with Gasteiger partial charge in [-0.3, -0.25) is 4.79 Å². The van der Waals surface area contributed by atoms with E-state index in [4.69, 9.17) is 0 Å². The average Bonchev–Trinajstić information content (AvgIpc) is 2.49. The molecule has 0 aliphatic heterocycles. The van der Waals surface area contributed by atoms with Crippen molar-refractivity contribution in [1.29, 1.82) is 0 Å². The number of hydrogen-bond donors (Lipinski definition) is 1. The number of aliphatic imine (C=N–C) groups is 1. The molecule has 2 aromatic rings. The highest BCUT2D eigenvalue weighted by Crippen LogP contribution is 2.32. The third kappa shape index (κ3) is 2.56. The Kier molecular flexibility index (Phi) is 3.28. The zero-order chi connectivity index (χ0) is 14.9. The average molecular weight is 277 g/mol. The van der Waals surface area contributed by atoms with Gasteiger partial charge in [-0.15, -0.1) is 0 Å². The maximum atomic E-state index is 11.0. The van der Waals surface area contributed by atoms with Crippen molar-refractivity contribution in [3.63, 3.8) is 0 Å². The van der Waals surface area contributed by atoms with Gasteiger partial charge in [0.2, 0.25) is 5.91 Å². The van der Waals surface area contributed by atoms with Crippen molar-refractivity contribution in [2.45, 2.75) is 12.5 Å². The lowest BCUT2D eigenvalue weighted by molar-refractivity contribution is -0.115. The van der Waals surface area contributed by atoms with E-state index in [0.717, 1.165) is 16.3 Å². The fraction of sp³-hybridized carbons (Fsp3) is 0.111. The van der Waals surface area contributed by atoms with Crippen molar-refractivity contribution < 1.29 is 9.90 Å². The van der Waals surface area contributed by atoms with E-state index >= 15 is 0 Å². The van der Waals surface area contributed by atoms with Gasteiger partial charge < -0.3 is 5.11 Å². The first-order chi connectivity index (χ1) is 10.1. The fourth-order valence-electron chi connectivity index (χ4n) is 2.55. The predicted molar refractivity (Wildman–Crippen MR) is 84.2 cm³/mol. The van der Waals surface area contributed by atoms with Gasteiger partial charge in [-0.25, -0.2) is 4.99 Å².